The van der Waals surface area contributed by atoms with Gasteiger partial charge in [-0.2, -0.15) is 0 Å². The standard InChI is InChI=1S/C15H23N/c1-12-6-7-13(2)14(11-12)8-9-15-5-3-4-10-16-15/h6-7,11,15-16H,3-5,8-10H2,1-2H3. The van der Waals surface area contributed by atoms with E-state index in [9.17, 15) is 0 Å². The highest BCUT2D eigenvalue weighted by Gasteiger charge is 2.12. The van der Waals surface area contributed by atoms with Crippen LogP contribution in [0.15, 0.2) is 18.2 Å². The lowest BCUT2D eigenvalue weighted by atomic mass is 9.95. The maximum Gasteiger partial charge on any atom is 0.00702 e. The molecule has 1 fully saturated rings. The van der Waals surface area contributed by atoms with Gasteiger partial charge in [-0.25, -0.2) is 0 Å². The van der Waals surface area contributed by atoms with Crippen molar-refractivity contribution in [2.75, 3.05) is 6.54 Å². The van der Waals surface area contributed by atoms with Crippen LogP contribution < -0.4 is 5.32 Å². The molecule has 1 atom stereocenters. The molecule has 1 nitrogen and oxygen atoms in total. The van der Waals surface area contributed by atoms with Gasteiger partial charge in [0.2, 0.25) is 0 Å². The molecular formula is C15H23N. The van der Waals surface area contributed by atoms with Crippen LogP contribution in [0.4, 0.5) is 0 Å². The van der Waals surface area contributed by atoms with E-state index in [1.54, 1.807) is 0 Å². The Hall–Kier alpha value is -0.820. The van der Waals surface area contributed by atoms with Crippen molar-refractivity contribution < 1.29 is 0 Å². The molecule has 1 aromatic rings. The lowest BCUT2D eigenvalue weighted by molar-refractivity contribution is 0.382. The Morgan fingerprint density at radius 2 is 2.12 bits per heavy atom. The maximum atomic E-state index is 3.62. The molecule has 0 spiro atoms. The van der Waals surface area contributed by atoms with Crippen molar-refractivity contribution in [2.45, 2.75) is 52.0 Å². The first-order valence-corrected chi connectivity index (χ1v) is 6.55. The average molecular weight is 217 g/mol. The van der Waals surface area contributed by atoms with Crippen LogP contribution in [0, 0.1) is 13.8 Å². The molecule has 0 bridgehead atoms. The summed E-state index contributed by atoms with van der Waals surface area (Å²) in [7, 11) is 0. The average Bonchev–Trinajstić information content (AvgIpc) is 2.32. The van der Waals surface area contributed by atoms with Crippen LogP contribution in [0.1, 0.15) is 42.4 Å². The van der Waals surface area contributed by atoms with Gasteiger partial charge in [0, 0.05) is 6.04 Å². The molecule has 1 heterocycles. The second kappa shape index (κ2) is 5.49. The fourth-order valence-electron chi connectivity index (χ4n) is 2.57. The summed E-state index contributed by atoms with van der Waals surface area (Å²) in [4.78, 5) is 0. The number of hydrogen-bond acceptors (Lipinski definition) is 1. The molecule has 88 valence electrons. The van der Waals surface area contributed by atoms with Crippen molar-refractivity contribution >= 4 is 0 Å². The molecule has 1 heteroatoms. The molecule has 0 amide bonds. The summed E-state index contributed by atoms with van der Waals surface area (Å²) in [6, 6.07) is 7.56. The van der Waals surface area contributed by atoms with E-state index in [0.29, 0.717) is 0 Å². The van der Waals surface area contributed by atoms with Gasteiger partial charge in [0.05, 0.1) is 0 Å². The minimum absolute atomic E-state index is 0.758. The highest BCUT2D eigenvalue weighted by Crippen LogP contribution is 2.16. The molecule has 16 heavy (non-hydrogen) atoms. The first kappa shape index (κ1) is 11.7. The smallest absolute Gasteiger partial charge is 0.00702 e. The summed E-state index contributed by atoms with van der Waals surface area (Å²) >= 11 is 0. The molecule has 1 aliphatic rings. The number of rotatable bonds is 3. The third-order valence-electron chi connectivity index (χ3n) is 3.68. The van der Waals surface area contributed by atoms with Crippen molar-refractivity contribution in [3.63, 3.8) is 0 Å². The Labute approximate surface area is 99.3 Å². The Bertz CT molecular complexity index is 337. The SMILES string of the molecule is Cc1ccc(C)c(CCC2CCCCN2)c1. The second-order valence-corrected chi connectivity index (χ2v) is 5.12. The van der Waals surface area contributed by atoms with Crippen LogP contribution in [-0.4, -0.2) is 12.6 Å². The van der Waals surface area contributed by atoms with E-state index in [4.69, 9.17) is 0 Å². The van der Waals surface area contributed by atoms with Gasteiger partial charge < -0.3 is 5.32 Å². The van der Waals surface area contributed by atoms with Gasteiger partial charge in [-0.05, 0) is 57.2 Å². The zero-order valence-corrected chi connectivity index (χ0v) is 10.6. The first-order chi connectivity index (χ1) is 7.75. The summed E-state index contributed by atoms with van der Waals surface area (Å²) in [6.45, 7) is 5.63. The van der Waals surface area contributed by atoms with E-state index in [-0.39, 0.29) is 0 Å². The minimum Gasteiger partial charge on any atom is -0.314 e. The van der Waals surface area contributed by atoms with Crippen molar-refractivity contribution in [2.24, 2.45) is 0 Å². The normalized spacial score (nSPS) is 21.0. The van der Waals surface area contributed by atoms with Crippen LogP contribution >= 0.6 is 0 Å². The lowest BCUT2D eigenvalue weighted by Crippen LogP contribution is -2.34. The molecule has 1 N–H and O–H groups in total. The molecular weight excluding hydrogens is 194 g/mol. The van der Waals surface area contributed by atoms with E-state index in [2.05, 4.69) is 37.4 Å². The summed E-state index contributed by atoms with van der Waals surface area (Å²) in [5, 5.41) is 3.62. The molecule has 2 rings (SSSR count). The summed E-state index contributed by atoms with van der Waals surface area (Å²) in [5.41, 5.74) is 4.37. The van der Waals surface area contributed by atoms with Crippen molar-refractivity contribution in [3.8, 4) is 0 Å². The number of nitrogens with one attached hydrogen (secondary N) is 1. The second-order valence-electron chi connectivity index (χ2n) is 5.12. The first-order valence-electron chi connectivity index (χ1n) is 6.55. The molecule has 0 aromatic heterocycles. The van der Waals surface area contributed by atoms with Crippen LogP contribution in [0.3, 0.4) is 0 Å². The molecule has 0 saturated carbocycles. The monoisotopic (exact) mass is 217 g/mol. The van der Waals surface area contributed by atoms with E-state index < -0.39 is 0 Å². The Morgan fingerprint density at radius 1 is 1.25 bits per heavy atom. The summed E-state index contributed by atoms with van der Waals surface area (Å²) < 4.78 is 0. The molecule has 1 unspecified atom stereocenters. The molecule has 0 aliphatic carbocycles. The van der Waals surface area contributed by atoms with Crippen LogP contribution in [0.25, 0.3) is 0 Å². The van der Waals surface area contributed by atoms with Gasteiger partial charge in [0.15, 0.2) is 0 Å². The Morgan fingerprint density at radius 3 is 2.88 bits per heavy atom. The highest BCUT2D eigenvalue weighted by molar-refractivity contribution is 5.30. The number of piperidine rings is 1. The van der Waals surface area contributed by atoms with Gasteiger partial charge in [-0.1, -0.05) is 30.2 Å². The Kier molecular flexibility index (Phi) is 4.00. The van der Waals surface area contributed by atoms with Crippen molar-refractivity contribution in [1.29, 1.82) is 0 Å². The van der Waals surface area contributed by atoms with E-state index in [0.717, 1.165) is 6.04 Å². The fraction of sp³-hybridized carbons (Fsp3) is 0.600. The van der Waals surface area contributed by atoms with E-state index in [1.165, 1.54) is 55.3 Å². The fourth-order valence-corrected chi connectivity index (χ4v) is 2.57. The minimum atomic E-state index is 0.758. The topological polar surface area (TPSA) is 12.0 Å². The van der Waals surface area contributed by atoms with Crippen molar-refractivity contribution in [3.05, 3.63) is 34.9 Å². The zero-order valence-electron chi connectivity index (χ0n) is 10.6. The quantitative estimate of drug-likeness (QED) is 0.818. The van der Waals surface area contributed by atoms with Gasteiger partial charge in [-0.15, -0.1) is 0 Å². The van der Waals surface area contributed by atoms with Gasteiger partial charge in [0.25, 0.3) is 0 Å². The lowest BCUT2D eigenvalue weighted by Gasteiger charge is -2.23. The molecule has 1 aromatic carbocycles. The van der Waals surface area contributed by atoms with E-state index in [1.807, 2.05) is 0 Å². The predicted molar refractivity (Wildman–Crippen MR) is 69.9 cm³/mol. The molecule has 1 aliphatic heterocycles. The summed E-state index contributed by atoms with van der Waals surface area (Å²) in [6.07, 6.45) is 6.66. The third kappa shape index (κ3) is 3.08. The van der Waals surface area contributed by atoms with Crippen LogP contribution in [-0.2, 0) is 6.42 Å². The van der Waals surface area contributed by atoms with Crippen LogP contribution in [0.2, 0.25) is 0 Å². The number of aryl methyl sites for hydroxylation is 3. The van der Waals surface area contributed by atoms with Gasteiger partial charge in [-0.3, -0.25) is 0 Å². The molecule has 0 radical (unpaired) electrons. The zero-order chi connectivity index (χ0) is 11.4. The largest absolute Gasteiger partial charge is 0.314 e. The predicted octanol–water partition coefficient (Wildman–Crippen LogP) is 3.38. The van der Waals surface area contributed by atoms with Crippen LogP contribution in [0.5, 0.6) is 0 Å². The maximum absolute atomic E-state index is 3.62. The number of hydrogen-bond donors (Lipinski definition) is 1. The van der Waals surface area contributed by atoms with E-state index >= 15 is 0 Å². The Balaban J connectivity index is 1.90. The highest BCUT2D eigenvalue weighted by atomic mass is 14.9. The van der Waals surface area contributed by atoms with Gasteiger partial charge in [0.1, 0.15) is 0 Å². The van der Waals surface area contributed by atoms with Crippen molar-refractivity contribution in [1.82, 2.24) is 5.32 Å². The summed E-state index contributed by atoms with van der Waals surface area (Å²) in [5.74, 6) is 0. The van der Waals surface area contributed by atoms with Gasteiger partial charge >= 0.3 is 0 Å². The molecule has 1 saturated heterocycles. The number of benzene rings is 1. The third-order valence-corrected chi connectivity index (χ3v) is 3.68.